The third-order valence-electron chi connectivity index (χ3n) is 4.30. The van der Waals surface area contributed by atoms with Crippen LogP contribution in [0.5, 0.6) is 0 Å². The van der Waals surface area contributed by atoms with E-state index < -0.39 is 10.0 Å². The first-order chi connectivity index (χ1) is 9.46. The Morgan fingerprint density at radius 2 is 1.80 bits per heavy atom. The lowest BCUT2D eigenvalue weighted by molar-refractivity contribution is 0.245. The van der Waals surface area contributed by atoms with Crippen LogP contribution >= 0.6 is 0 Å². The standard InChI is InChI=1S/C15H23NO3S/c1-12-7-9-14(10-8-12)16(2)20(18,19)15-6-4-3-5-13(15)11-17/h3-6,12,14,17H,7-11H2,1-2H3. The monoisotopic (exact) mass is 297 g/mol. The van der Waals surface area contributed by atoms with Crippen molar-refractivity contribution in [2.24, 2.45) is 5.92 Å². The minimum Gasteiger partial charge on any atom is -0.392 e. The summed E-state index contributed by atoms with van der Waals surface area (Å²) in [6.07, 6.45) is 3.98. The molecular weight excluding hydrogens is 274 g/mol. The Kier molecular flexibility index (Phi) is 4.83. The van der Waals surface area contributed by atoms with Gasteiger partial charge >= 0.3 is 0 Å². The molecule has 0 radical (unpaired) electrons. The summed E-state index contributed by atoms with van der Waals surface area (Å²) in [6, 6.07) is 6.74. The quantitative estimate of drug-likeness (QED) is 0.928. The summed E-state index contributed by atoms with van der Waals surface area (Å²) >= 11 is 0. The Bertz CT molecular complexity index is 548. The van der Waals surface area contributed by atoms with Crippen LogP contribution in [0.2, 0.25) is 0 Å². The summed E-state index contributed by atoms with van der Waals surface area (Å²) in [7, 11) is -1.87. The van der Waals surface area contributed by atoms with Gasteiger partial charge in [0, 0.05) is 13.1 Å². The molecule has 0 unspecified atom stereocenters. The average molecular weight is 297 g/mol. The summed E-state index contributed by atoms with van der Waals surface area (Å²) in [6.45, 7) is 1.96. The van der Waals surface area contributed by atoms with E-state index in [-0.39, 0.29) is 17.5 Å². The Hall–Kier alpha value is -0.910. The predicted molar refractivity (Wildman–Crippen MR) is 78.7 cm³/mol. The van der Waals surface area contributed by atoms with E-state index >= 15 is 0 Å². The highest BCUT2D eigenvalue weighted by Gasteiger charge is 2.31. The molecular formula is C15H23NO3S. The molecule has 4 nitrogen and oxygen atoms in total. The van der Waals surface area contributed by atoms with Gasteiger partial charge in [-0.2, -0.15) is 4.31 Å². The topological polar surface area (TPSA) is 57.6 Å². The van der Waals surface area contributed by atoms with Gasteiger partial charge in [0.25, 0.3) is 0 Å². The number of rotatable bonds is 4. The highest BCUT2D eigenvalue weighted by Crippen LogP contribution is 2.30. The van der Waals surface area contributed by atoms with E-state index in [1.54, 1.807) is 31.3 Å². The molecule has 1 fully saturated rings. The molecule has 0 aromatic heterocycles. The number of aliphatic hydroxyl groups is 1. The lowest BCUT2D eigenvalue weighted by atomic mass is 9.87. The Balaban J connectivity index is 2.25. The maximum Gasteiger partial charge on any atom is 0.243 e. The zero-order valence-electron chi connectivity index (χ0n) is 12.1. The van der Waals surface area contributed by atoms with Crippen LogP contribution in [0.4, 0.5) is 0 Å². The lowest BCUT2D eigenvalue weighted by Crippen LogP contribution is -2.39. The minimum absolute atomic E-state index is 0.0722. The molecule has 1 saturated carbocycles. The SMILES string of the molecule is CC1CCC(N(C)S(=O)(=O)c2ccccc2CO)CC1. The molecule has 0 heterocycles. The number of benzene rings is 1. The second-order valence-corrected chi connectivity index (χ2v) is 7.67. The van der Waals surface area contributed by atoms with Gasteiger partial charge in [-0.1, -0.05) is 25.1 Å². The van der Waals surface area contributed by atoms with Crippen LogP contribution in [0.1, 0.15) is 38.2 Å². The molecule has 1 N–H and O–H groups in total. The molecule has 1 aromatic rings. The first-order valence-electron chi connectivity index (χ1n) is 7.13. The van der Waals surface area contributed by atoms with Gasteiger partial charge in [0.15, 0.2) is 0 Å². The number of nitrogens with zero attached hydrogens (tertiary/aromatic N) is 1. The molecule has 20 heavy (non-hydrogen) atoms. The smallest absolute Gasteiger partial charge is 0.243 e. The van der Waals surface area contributed by atoms with Gasteiger partial charge in [-0.15, -0.1) is 0 Å². The zero-order chi connectivity index (χ0) is 14.8. The van der Waals surface area contributed by atoms with Gasteiger partial charge in [-0.05, 0) is 43.2 Å². The molecule has 1 aliphatic rings. The largest absolute Gasteiger partial charge is 0.392 e. The van der Waals surface area contributed by atoms with E-state index in [9.17, 15) is 13.5 Å². The third kappa shape index (κ3) is 3.05. The van der Waals surface area contributed by atoms with Crippen LogP contribution in [0.25, 0.3) is 0 Å². The van der Waals surface area contributed by atoms with Crippen molar-refractivity contribution in [3.05, 3.63) is 29.8 Å². The van der Waals surface area contributed by atoms with Crippen molar-refractivity contribution in [1.82, 2.24) is 4.31 Å². The van der Waals surface area contributed by atoms with Crippen molar-refractivity contribution in [2.45, 2.75) is 50.2 Å². The van der Waals surface area contributed by atoms with Crippen molar-refractivity contribution in [1.29, 1.82) is 0 Å². The molecule has 0 spiro atoms. The van der Waals surface area contributed by atoms with Gasteiger partial charge in [0.1, 0.15) is 0 Å². The zero-order valence-corrected chi connectivity index (χ0v) is 12.9. The van der Waals surface area contributed by atoms with E-state index in [0.717, 1.165) is 25.7 Å². The molecule has 2 rings (SSSR count). The van der Waals surface area contributed by atoms with E-state index in [2.05, 4.69) is 6.92 Å². The Morgan fingerprint density at radius 1 is 1.20 bits per heavy atom. The highest BCUT2D eigenvalue weighted by molar-refractivity contribution is 7.89. The van der Waals surface area contributed by atoms with Crippen LogP contribution in [0.15, 0.2) is 29.2 Å². The van der Waals surface area contributed by atoms with Gasteiger partial charge in [-0.25, -0.2) is 8.42 Å². The number of aliphatic hydroxyl groups excluding tert-OH is 1. The van der Waals surface area contributed by atoms with Gasteiger partial charge in [-0.3, -0.25) is 0 Å². The predicted octanol–water partition coefficient (Wildman–Crippen LogP) is 2.38. The van der Waals surface area contributed by atoms with Crippen molar-refractivity contribution in [3.63, 3.8) is 0 Å². The normalized spacial score (nSPS) is 24.0. The Morgan fingerprint density at radius 3 is 2.40 bits per heavy atom. The molecule has 5 heteroatoms. The molecule has 112 valence electrons. The van der Waals surface area contributed by atoms with Gasteiger partial charge < -0.3 is 5.11 Å². The number of hydrogen-bond donors (Lipinski definition) is 1. The minimum atomic E-state index is -3.53. The van der Waals surface area contributed by atoms with E-state index in [1.807, 2.05) is 0 Å². The first-order valence-corrected chi connectivity index (χ1v) is 8.57. The molecule has 0 saturated heterocycles. The second kappa shape index (κ2) is 6.24. The number of sulfonamides is 1. The maximum atomic E-state index is 12.7. The van der Waals surface area contributed by atoms with Gasteiger partial charge in [0.2, 0.25) is 10.0 Å². The van der Waals surface area contributed by atoms with E-state index in [4.69, 9.17) is 0 Å². The van der Waals surface area contributed by atoms with Crippen molar-refractivity contribution in [3.8, 4) is 0 Å². The van der Waals surface area contributed by atoms with Gasteiger partial charge in [0.05, 0.1) is 11.5 Å². The summed E-state index contributed by atoms with van der Waals surface area (Å²) in [5.74, 6) is 0.687. The second-order valence-electron chi connectivity index (χ2n) is 5.70. The fraction of sp³-hybridized carbons (Fsp3) is 0.600. The fourth-order valence-electron chi connectivity index (χ4n) is 2.84. The molecule has 0 atom stereocenters. The van der Waals surface area contributed by atoms with Crippen LogP contribution < -0.4 is 0 Å². The Labute approximate surface area is 121 Å². The van der Waals surface area contributed by atoms with Crippen LogP contribution in [0, 0.1) is 5.92 Å². The molecule has 0 aliphatic heterocycles. The van der Waals surface area contributed by atoms with Crippen molar-refractivity contribution >= 4 is 10.0 Å². The fourth-order valence-corrected chi connectivity index (χ4v) is 4.47. The van der Waals surface area contributed by atoms with E-state index in [0.29, 0.717) is 11.5 Å². The molecule has 0 amide bonds. The summed E-state index contributed by atoms with van der Waals surface area (Å²) in [4.78, 5) is 0.226. The van der Waals surface area contributed by atoms with Crippen LogP contribution in [0.3, 0.4) is 0 Å². The molecule has 1 aliphatic carbocycles. The molecule has 0 bridgehead atoms. The third-order valence-corrected chi connectivity index (χ3v) is 6.31. The maximum absolute atomic E-state index is 12.7. The van der Waals surface area contributed by atoms with Crippen LogP contribution in [-0.4, -0.2) is 30.9 Å². The van der Waals surface area contributed by atoms with E-state index in [1.165, 1.54) is 4.31 Å². The van der Waals surface area contributed by atoms with Crippen molar-refractivity contribution in [2.75, 3.05) is 7.05 Å². The lowest BCUT2D eigenvalue weighted by Gasteiger charge is -2.33. The van der Waals surface area contributed by atoms with Crippen molar-refractivity contribution < 1.29 is 13.5 Å². The summed E-state index contributed by atoms with van der Waals surface area (Å²) in [5, 5.41) is 9.33. The average Bonchev–Trinajstić information content (AvgIpc) is 2.47. The summed E-state index contributed by atoms with van der Waals surface area (Å²) in [5.41, 5.74) is 0.462. The molecule has 1 aromatic carbocycles. The highest BCUT2D eigenvalue weighted by atomic mass is 32.2. The number of hydrogen-bond acceptors (Lipinski definition) is 3. The first kappa shape index (κ1) is 15.5. The summed E-state index contributed by atoms with van der Waals surface area (Å²) < 4.78 is 26.9. The van der Waals surface area contributed by atoms with Crippen LogP contribution in [-0.2, 0) is 16.6 Å².